The van der Waals surface area contributed by atoms with Crippen molar-refractivity contribution in [2.75, 3.05) is 19.7 Å². The molecular weight excluding hydrogens is 310 g/mol. The Morgan fingerprint density at radius 1 is 1.63 bits per heavy atom. The lowest BCUT2D eigenvalue weighted by molar-refractivity contribution is -0.147. The molecule has 1 saturated heterocycles. The Hall–Kier alpha value is -0.910. The van der Waals surface area contributed by atoms with Gasteiger partial charge in [-0.1, -0.05) is 35.0 Å². The zero-order valence-electron chi connectivity index (χ0n) is 10.9. The first-order chi connectivity index (χ1) is 9.11. The molecule has 1 aliphatic rings. The highest BCUT2D eigenvalue weighted by Crippen LogP contribution is 2.26. The number of ether oxygens (including phenoxy) is 1. The minimum atomic E-state index is -0.752. The van der Waals surface area contributed by atoms with E-state index < -0.39 is 12.0 Å². The lowest BCUT2D eigenvalue weighted by Gasteiger charge is -2.36. The predicted octanol–water partition coefficient (Wildman–Crippen LogP) is 2.69. The fourth-order valence-corrected chi connectivity index (χ4v) is 2.87. The number of morpholine rings is 1. The number of aliphatic carboxylic acids is 1. The molecule has 1 fully saturated rings. The van der Waals surface area contributed by atoms with E-state index in [1.165, 1.54) is 0 Å². The van der Waals surface area contributed by atoms with Gasteiger partial charge in [0.05, 0.1) is 12.7 Å². The second kappa shape index (κ2) is 6.50. The Morgan fingerprint density at radius 2 is 2.42 bits per heavy atom. The minimum Gasteiger partial charge on any atom is -0.480 e. The molecule has 2 rings (SSSR count). The van der Waals surface area contributed by atoms with Crippen molar-refractivity contribution < 1.29 is 14.6 Å². The molecule has 1 heterocycles. The summed E-state index contributed by atoms with van der Waals surface area (Å²) in [5.74, 6) is -0.752. The van der Waals surface area contributed by atoms with E-state index in [0.717, 1.165) is 10.0 Å². The molecule has 2 atom stereocenters. The van der Waals surface area contributed by atoms with Crippen LogP contribution in [-0.4, -0.2) is 41.7 Å². The average molecular weight is 328 g/mol. The van der Waals surface area contributed by atoms with Crippen molar-refractivity contribution in [1.82, 2.24) is 4.90 Å². The van der Waals surface area contributed by atoms with Gasteiger partial charge in [0.2, 0.25) is 0 Å². The van der Waals surface area contributed by atoms with Crippen LogP contribution in [0.25, 0.3) is 0 Å². The molecule has 0 spiro atoms. The largest absolute Gasteiger partial charge is 0.480 e. The Bertz CT molecular complexity index is 452. The number of hydrogen-bond acceptors (Lipinski definition) is 3. The molecular formula is C14H18BrNO3. The molecule has 0 unspecified atom stereocenters. The third-order valence-electron chi connectivity index (χ3n) is 3.43. The maximum absolute atomic E-state index is 11.2. The van der Waals surface area contributed by atoms with Crippen molar-refractivity contribution in [3.8, 4) is 0 Å². The number of hydrogen-bond donors (Lipinski definition) is 1. The molecule has 1 aromatic carbocycles. The zero-order chi connectivity index (χ0) is 13.8. The SMILES string of the molecule is CC[C@H](C(=O)O)N1CCO[C@H](c2cccc(Br)c2)C1. The van der Waals surface area contributed by atoms with E-state index in [2.05, 4.69) is 15.9 Å². The molecule has 0 bridgehead atoms. The van der Waals surface area contributed by atoms with Gasteiger partial charge < -0.3 is 9.84 Å². The van der Waals surface area contributed by atoms with Crippen molar-refractivity contribution in [1.29, 1.82) is 0 Å². The number of rotatable bonds is 4. The fourth-order valence-electron chi connectivity index (χ4n) is 2.45. The Labute approximate surface area is 121 Å². The first kappa shape index (κ1) is 14.5. The topological polar surface area (TPSA) is 49.8 Å². The first-order valence-electron chi connectivity index (χ1n) is 6.45. The maximum atomic E-state index is 11.2. The molecule has 19 heavy (non-hydrogen) atoms. The molecule has 5 heteroatoms. The normalized spacial score (nSPS) is 22.1. The number of benzene rings is 1. The van der Waals surface area contributed by atoms with Crippen LogP contribution in [0.4, 0.5) is 0 Å². The van der Waals surface area contributed by atoms with Gasteiger partial charge >= 0.3 is 5.97 Å². The third kappa shape index (κ3) is 3.55. The Balaban J connectivity index is 2.10. The molecule has 0 radical (unpaired) electrons. The van der Waals surface area contributed by atoms with Crippen molar-refractivity contribution in [2.24, 2.45) is 0 Å². The van der Waals surface area contributed by atoms with Crippen LogP contribution < -0.4 is 0 Å². The summed E-state index contributed by atoms with van der Waals surface area (Å²) in [7, 11) is 0. The van der Waals surface area contributed by atoms with Crippen LogP contribution in [0.3, 0.4) is 0 Å². The number of carboxylic acid groups (broad SMARTS) is 1. The summed E-state index contributed by atoms with van der Waals surface area (Å²) in [5.41, 5.74) is 1.08. The fraction of sp³-hybridized carbons (Fsp3) is 0.500. The summed E-state index contributed by atoms with van der Waals surface area (Å²) in [6.45, 7) is 3.78. The first-order valence-corrected chi connectivity index (χ1v) is 7.25. The van der Waals surface area contributed by atoms with E-state index in [1.54, 1.807) is 0 Å². The Morgan fingerprint density at radius 3 is 3.05 bits per heavy atom. The number of carboxylic acids is 1. The molecule has 1 aromatic rings. The highest BCUT2D eigenvalue weighted by molar-refractivity contribution is 9.10. The average Bonchev–Trinajstić information content (AvgIpc) is 2.39. The van der Waals surface area contributed by atoms with Gasteiger partial charge in [-0.2, -0.15) is 0 Å². The highest BCUT2D eigenvalue weighted by atomic mass is 79.9. The van der Waals surface area contributed by atoms with E-state index in [4.69, 9.17) is 4.74 Å². The van der Waals surface area contributed by atoms with Crippen molar-refractivity contribution in [2.45, 2.75) is 25.5 Å². The lowest BCUT2D eigenvalue weighted by Crippen LogP contribution is -2.48. The van der Waals surface area contributed by atoms with Gasteiger partial charge in [0, 0.05) is 17.6 Å². The number of nitrogens with zero attached hydrogens (tertiary/aromatic N) is 1. The van der Waals surface area contributed by atoms with Crippen molar-refractivity contribution >= 4 is 21.9 Å². The van der Waals surface area contributed by atoms with Gasteiger partial charge in [0.25, 0.3) is 0 Å². The van der Waals surface area contributed by atoms with Crippen molar-refractivity contribution in [3.63, 3.8) is 0 Å². The van der Waals surface area contributed by atoms with Gasteiger partial charge in [-0.05, 0) is 24.1 Å². The van der Waals surface area contributed by atoms with Crippen LogP contribution in [0.2, 0.25) is 0 Å². The highest BCUT2D eigenvalue weighted by Gasteiger charge is 2.30. The van der Waals surface area contributed by atoms with E-state index in [9.17, 15) is 9.90 Å². The van der Waals surface area contributed by atoms with Crippen LogP contribution in [0.15, 0.2) is 28.7 Å². The molecule has 104 valence electrons. The standard InChI is InChI=1S/C14H18BrNO3/c1-2-12(14(17)18)16-6-7-19-13(9-16)10-4-3-5-11(15)8-10/h3-5,8,12-13H,2,6-7,9H2,1H3,(H,17,18)/t12-,13+/m1/s1. The second-order valence-electron chi connectivity index (χ2n) is 4.67. The second-order valence-corrected chi connectivity index (χ2v) is 5.59. The van der Waals surface area contributed by atoms with Crippen LogP contribution in [0, 0.1) is 0 Å². The molecule has 4 nitrogen and oxygen atoms in total. The van der Waals surface area contributed by atoms with E-state index in [-0.39, 0.29) is 6.10 Å². The summed E-state index contributed by atoms with van der Waals surface area (Å²) in [6.07, 6.45) is 0.556. The van der Waals surface area contributed by atoms with E-state index in [0.29, 0.717) is 26.1 Å². The van der Waals surface area contributed by atoms with E-state index >= 15 is 0 Å². The zero-order valence-corrected chi connectivity index (χ0v) is 12.5. The van der Waals surface area contributed by atoms with Crippen LogP contribution in [0.5, 0.6) is 0 Å². The monoisotopic (exact) mass is 327 g/mol. The van der Waals surface area contributed by atoms with Gasteiger partial charge in [0.15, 0.2) is 0 Å². The molecule has 0 saturated carbocycles. The molecule has 1 N–H and O–H groups in total. The summed E-state index contributed by atoms with van der Waals surface area (Å²) >= 11 is 3.45. The van der Waals surface area contributed by atoms with Crippen molar-refractivity contribution in [3.05, 3.63) is 34.3 Å². The molecule has 0 amide bonds. The summed E-state index contributed by atoms with van der Waals surface area (Å²) in [4.78, 5) is 13.2. The molecule has 0 aromatic heterocycles. The molecule has 0 aliphatic carbocycles. The maximum Gasteiger partial charge on any atom is 0.320 e. The summed E-state index contributed by atoms with van der Waals surface area (Å²) < 4.78 is 6.78. The smallest absolute Gasteiger partial charge is 0.320 e. The van der Waals surface area contributed by atoms with Gasteiger partial charge in [-0.25, -0.2) is 0 Å². The molecule has 1 aliphatic heterocycles. The van der Waals surface area contributed by atoms with Gasteiger partial charge in [0.1, 0.15) is 6.04 Å². The van der Waals surface area contributed by atoms with Crippen LogP contribution in [-0.2, 0) is 9.53 Å². The summed E-state index contributed by atoms with van der Waals surface area (Å²) in [5, 5.41) is 9.24. The van der Waals surface area contributed by atoms with Gasteiger partial charge in [-0.15, -0.1) is 0 Å². The Kier molecular flexibility index (Phi) is 4.96. The minimum absolute atomic E-state index is 0.0559. The van der Waals surface area contributed by atoms with E-state index in [1.807, 2.05) is 36.1 Å². The quantitative estimate of drug-likeness (QED) is 0.923. The van der Waals surface area contributed by atoms with Gasteiger partial charge in [-0.3, -0.25) is 9.69 Å². The predicted molar refractivity (Wildman–Crippen MR) is 76.1 cm³/mol. The number of halogens is 1. The third-order valence-corrected chi connectivity index (χ3v) is 3.92. The lowest BCUT2D eigenvalue weighted by atomic mass is 10.1. The number of carbonyl (C=O) groups is 1. The van der Waals surface area contributed by atoms with Crippen LogP contribution >= 0.6 is 15.9 Å². The van der Waals surface area contributed by atoms with Crippen LogP contribution in [0.1, 0.15) is 25.0 Å². The summed E-state index contributed by atoms with van der Waals surface area (Å²) in [6, 6.07) is 7.56.